The van der Waals surface area contributed by atoms with Crippen molar-refractivity contribution in [3.63, 3.8) is 0 Å². The first-order chi connectivity index (χ1) is 8.15. The molecule has 6 nitrogen and oxygen atoms in total. The molecule has 1 aromatic heterocycles. The summed E-state index contributed by atoms with van der Waals surface area (Å²) < 4.78 is 5.20. The standard InChI is InChI=1S/C10H12ClN3O3/c11-8-5-7(10(15)16)6-9(12-8)13-14-1-3-17-4-2-14/h5-6H,1-4H2,(H,12,13)(H,15,16). The van der Waals surface area contributed by atoms with E-state index in [0.29, 0.717) is 19.0 Å². The highest BCUT2D eigenvalue weighted by Gasteiger charge is 2.12. The number of pyridine rings is 1. The van der Waals surface area contributed by atoms with Gasteiger partial charge in [0.25, 0.3) is 0 Å². The monoisotopic (exact) mass is 257 g/mol. The summed E-state index contributed by atoms with van der Waals surface area (Å²) in [5.74, 6) is -0.601. The Morgan fingerprint density at radius 3 is 2.82 bits per heavy atom. The van der Waals surface area contributed by atoms with Gasteiger partial charge in [-0.2, -0.15) is 0 Å². The Kier molecular flexibility index (Phi) is 3.78. The Labute approximate surface area is 103 Å². The molecule has 92 valence electrons. The molecule has 1 aromatic rings. The molecule has 1 aliphatic rings. The van der Waals surface area contributed by atoms with Crippen LogP contribution in [0.25, 0.3) is 0 Å². The van der Waals surface area contributed by atoms with Gasteiger partial charge >= 0.3 is 5.97 Å². The molecule has 1 saturated heterocycles. The molecule has 2 heterocycles. The molecule has 0 radical (unpaired) electrons. The highest BCUT2D eigenvalue weighted by Crippen LogP contribution is 2.15. The Hall–Kier alpha value is -1.37. The van der Waals surface area contributed by atoms with Crippen LogP contribution < -0.4 is 5.43 Å². The van der Waals surface area contributed by atoms with Crippen LogP contribution in [0.15, 0.2) is 12.1 Å². The summed E-state index contributed by atoms with van der Waals surface area (Å²) in [5, 5.41) is 11.0. The highest BCUT2D eigenvalue weighted by atomic mass is 35.5. The number of hydrogen-bond donors (Lipinski definition) is 2. The number of aromatic carboxylic acids is 1. The van der Waals surface area contributed by atoms with Crippen LogP contribution in [0.4, 0.5) is 5.82 Å². The van der Waals surface area contributed by atoms with Crippen LogP contribution in [0.3, 0.4) is 0 Å². The largest absolute Gasteiger partial charge is 0.478 e. The van der Waals surface area contributed by atoms with Crippen LogP contribution in [0.5, 0.6) is 0 Å². The number of nitrogens with zero attached hydrogens (tertiary/aromatic N) is 2. The quantitative estimate of drug-likeness (QED) is 0.790. The summed E-state index contributed by atoms with van der Waals surface area (Å²) in [6, 6.07) is 2.76. The Morgan fingerprint density at radius 1 is 1.47 bits per heavy atom. The third-order valence-corrected chi connectivity index (χ3v) is 2.52. The van der Waals surface area contributed by atoms with E-state index in [1.54, 1.807) is 0 Å². The minimum absolute atomic E-state index is 0.112. The average Bonchev–Trinajstić information content (AvgIpc) is 2.29. The molecule has 0 aliphatic carbocycles. The van der Waals surface area contributed by atoms with Gasteiger partial charge in [-0.15, -0.1) is 0 Å². The predicted molar refractivity (Wildman–Crippen MR) is 62.2 cm³/mol. The van der Waals surface area contributed by atoms with Crippen molar-refractivity contribution < 1.29 is 14.6 Å². The number of carbonyl (C=O) groups is 1. The number of morpholine rings is 1. The summed E-state index contributed by atoms with van der Waals surface area (Å²) in [6.45, 7) is 2.71. The van der Waals surface area contributed by atoms with Crippen LogP contribution in [-0.4, -0.2) is 47.4 Å². The van der Waals surface area contributed by atoms with Gasteiger partial charge in [0.15, 0.2) is 0 Å². The van der Waals surface area contributed by atoms with E-state index in [1.165, 1.54) is 12.1 Å². The number of halogens is 1. The van der Waals surface area contributed by atoms with Gasteiger partial charge in [0.05, 0.1) is 18.8 Å². The fourth-order valence-electron chi connectivity index (χ4n) is 1.51. The number of aromatic nitrogens is 1. The van der Waals surface area contributed by atoms with E-state index >= 15 is 0 Å². The van der Waals surface area contributed by atoms with Gasteiger partial charge in [-0.25, -0.2) is 14.8 Å². The maximum absolute atomic E-state index is 10.8. The average molecular weight is 258 g/mol. The minimum atomic E-state index is -1.03. The van der Waals surface area contributed by atoms with E-state index in [1.807, 2.05) is 5.01 Å². The van der Waals surface area contributed by atoms with E-state index < -0.39 is 5.97 Å². The van der Waals surface area contributed by atoms with Gasteiger partial charge in [-0.05, 0) is 12.1 Å². The molecule has 1 aliphatic heterocycles. The molecule has 7 heteroatoms. The number of carboxylic acids is 1. The molecule has 2 rings (SSSR count). The van der Waals surface area contributed by atoms with Crippen molar-refractivity contribution in [3.8, 4) is 0 Å². The fraction of sp³-hybridized carbons (Fsp3) is 0.400. The van der Waals surface area contributed by atoms with Crippen molar-refractivity contribution in [3.05, 3.63) is 22.8 Å². The van der Waals surface area contributed by atoms with E-state index in [9.17, 15) is 4.79 Å². The third kappa shape index (κ3) is 3.29. The zero-order chi connectivity index (χ0) is 12.3. The van der Waals surface area contributed by atoms with E-state index in [2.05, 4.69) is 10.4 Å². The summed E-state index contributed by atoms with van der Waals surface area (Å²) in [5.41, 5.74) is 3.12. The molecule has 0 amide bonds. The number of hydrogen-bond acceptors (Lipinski definition) is 5. The SMILES string of the molecule is O=C(O)c1cc(Cl)nc(NN2CCOCC2)c1. The van der Waals surface area contributed by atoms with E-state index in [-0.39, 0.29) is 10.7 Å². The van der Waals surface area contributed by atoms with Gasteiger partial charge in [0, 0.05) is 13.1 Å². The smallest absolute Gasteiger partial charge is 0.335 e. The summed E-state index contributed by atoms with van der Waals surface area (Å²) in [7, 11) is 0. The van der Waals surface area contributed by atoms with Gasteiger partial charge in [-0.3, -0.25) is 0 Å². The molecule has 0 spiro atoms. The zero-order valence-electron chi connectivity index (χ0n) is 9.02. The lowest BCUT2D eigenvalue weighted by molar-refractivity contribution is 0.0494. The van der Waals surface area contributed by atoms with Gasteiger partial charge in [0.2, 0.25) is 0 Å². The van der Waals surface area contributed by atoms with Crippen LogP contribution in [0, 0.1) is 0 Å². The topological polar surface area (TPSA) is 74.7 Å². The first-order valence-corrected chi connectivity index (χ1v) is 5.53. The van der Waals surface area contributed by atoms with Crippen LogP contribution in [0.1, 0.15) is 10.4 Å². The lowest BCUT2D eigenvalue weighted by Gasteiger charge is -2.27. The van der Waals surface area contributed by atoms with Crippen molar-refractivity contribution in [1.82, 2.24) is 9.99 Å². The van der Waals surface area contributed by atoms with Crippen LogP contribution >= 0.6 is 11.6 Å². The number of ether oxygens (including phenoxy) is 1. The van der Waals surface area contributed by atoms with Crippen molar-refractivity contribution >= 4 is 23.4 Å². The first-order valence-electron chi connectivity index (χ1n) is 5.15. The van der Waals surface area contributed by atoms with Crippen molar-refractivity contribution in [2.75, 3.05) is 31.7 Å². The van der Waals surface area contributed by atoms with E-state index in [4.69, 9.17) is 21.4 Å². The normalized spacial score (nSPS) is 16.8. The molecule has 1 fully saturated rings. The van der Waals surface area contributed by atoms with Gasteiger partial charge in [-0.1, -0.05) is 11.6 Å². The summed E-state index contributed by atoms with van der Waals surface area (Å²) in [6.07, 6.45) is 0. The third-order valence-electron chi connectivity index (χ3n) is 2.32. The van der Waals surface area contributed by atoms with Crippen LogP contribution in [-0.2, 0) is 4.74 Å². The maximum atomic E-state index is 10.8. The van der Waals surface area contributed by atoms with Gasteiger partial charge in [0.1, 0.15) is 11.0 Å². The number of carboxylic acid groups (broad SMARTS) is 1. The lowest BCUT2D eigenvalue weighted by Crippen LogP contribution is -2.40. The lowest BCUT2D eigenvalue weighted by atomic mass is 10.2. The molecule has 0 saturated carbocycles. The molecule has 17 heavy (non-hydrogen) atoms. The van der Waals surface area contributed by atoms with Crippen LogP contribution in [0.2, 0.25) is 5.15 Å². The fourth-order valence-corrected chi connectivity index (χ4v) is 1.72. The zero-order valence-corrected chi connectivity index (χ0v) is 9.78. The molecule has 0 bridgehead atoms. The summed E-state index contributed by atoms with van der Waals surface area (Å²) in [4.78, 5) is 14.9. The van der Waals surface area contributed by atoms with Crippen molar-refractivity contribution in [1.29, 1.82) is 0 Å². The number of rotatable bonds is 3. The molecule has 0 atom stereocenters. The molecule has 0 aromatic carbocycles. The number of hydrazine groups is 1. The Balaban J connectivity index is 2.11. The Morgan fingerprint density at radius 2 is 2.18 bits per heavy atom. The Bertz CT molecular complexity index is 421. The second-order valence-corrected chi connectivity index (χ2v) is 3.97. The second kappa shape index (κ2) is 5.31. The molecular formula is C10H12ClN3O3. The summed E-state index contributed by atoms with van der Waals surface area (Å²) >= 11 is 5.75. The second-order valence-electron chi connectivity index (χ2n) is 3.58. The van der Waals surface area contributed by atoms with Gasteiger partial charge < -0.3 is 15.3 Å². The number of nitrogens with one attached hydrogen (secondary N) is 1. The predicted octanol–water partition coefficient (Wildman–Crippen LogP) is 1.09. The molecular weight excluding hydrogens is 246 g/mol. The van der Waals surface area contributed by atoms with Crippen molar-refractivity contribution in [2.45, 2.75) is 0 Å². The first kappa shape index (κ1) is 12.1. The minimum Gasteiger partial charge on any atom is -0.478 e. The van der Waals surface area contributed by atoms with Crippen molar-refractivity contribution in [2.24, 2.45) is 0 Å². The molecule has 0 unspecified atom stereocenters. The van der Waals surface area contributed by atoms with E-state index in [0.717, 1.165) is 13.1 Å². The maximum Gasteiger partial charge on any atom is 0.335 e. The molecule has 2 N–H and O–H groups in total. The number of anilines is 1. The highest BCUT2D eigenvalue weighted by molar-refractivity contribution is 6.29.